The predicted octanol–water partition coefficient (Wildman–Crippen LogP) is 2.86. The molecule has 114 valence electrons. The average molecular weight is 300 g/mol. The molecule has 1 amide bonds. The van der Waals surface area contributed by atoms with Gasteiger partial charge in [-0.1, -0.05) is 0 Å². The molecule has 0 bridgehead atoms. The van der Waals surface area contributed by atoms with Crippen LogP contribution in [-0.2, 0) is 0 Å². The molecule has 0 spiro atoms. The zero-order valence-corrected chi connectivity index (χ0v) is 12.1. The number of halogens is 1. The van der Waals surface area contributed by atoms with Crippen molar-refractivity contribution in [1.82, 2.24) is 10.2 Å². The van der Waals surface area contributed by atoms with E-state index < -0.39 is 0 Å². The minimum Gasteiger partial charge on any atom is -0.355 e. The molecule has 2 heterocycles. The van der Waals surface area contributed by atoms with Crippen LogP contribution in [0.1, 0.15) is 29.6 Å². The molecule has 1 aromatic heterocycles. The first kappa shape index (κ1) is 14.4. The molecule has 0 radical (unpaired) electrons. The molecule has 1 saturated heterocycles. The maximum absolute atomic E-state index is 12.8. The number of carbonyl (C=O) groups is 1. The van der Waals surface area contributed by atoms with Crippen LogP contribution in [0.5, 0.6) is 0 Å². The molecule has 1 aromatic carbocycles. The van der Waals surface area contributed by atoms with Crippen LogP contribution in [0.3, 0.4) is 0 Å². The molecular formula is C16H17FN4O. The normalized spacial score (nSPS) is 14.7. The number of hydrogen-bond acceptors (Lipinski definition) is 4. The second kappa shape index (κ2) is 6.51. The third-order valence-electron chi connectivity index (χ3n) is 3.68. The summed E-state index contributed by atoms with van der Waals surface area (Å²) in [6, 6.07) is 8.96. The maximum atomic E-state index is 12.8. The van der Waals surface area contributed by atoms with Crippen molar-refractivity contribution in [2.24, 2.45) is 0 Å². The van der Waals surface area contributed by atoms with Crippen LogP contribution in [0.4, 0.5) is 16.0 Å². The Kier molecular flexibility index (Phi) is 4.27. The van der Waals surface area contributed by atoms with Gasteiger partial charge in [-0.05, 0) is 55.7 Å². The summed E-state index contributed by atoms with van der Waals surface area (Å²) in [5, 5.41) is 10.9. The Morgan fingerprint density at radius 1 is 1.00 bits per heavy atom. The highest BCUT2D eigenvalue weighted by Gasteiger charge is 2.13. The van der Waals surface area contributed by atoms with Crippen molar-refractivity contribution in [3.05, 3.63) is 47.8 Å². The van der Waals surface area contributed by atoms with Gasteiger partial charge in [0.15, 0.2) is 11.6 Å². The van der Waals surface area contributed by atoms with Gasteiger partial charge < -0.3 is 10.2 Å². The Balaban J connectivity index is 1.65. The minimum atomic E-state index is -0.373. The largest absolute Gasteiger partial charge is 0.355 e. The number of carbonyl (C=O) groups excluding carboxylic acids is 1. The van der Waals surface area contributed by atoms with E-state index in [1.165, 1.54) is 43.5 Å². The van der Waals surface area contributed by atoms with Crippen molar-refractivity contribution in [1.29, 1.82) is 0 Å². The van der Waals surface area contributed by atoms with Crippen LogP contribution in [0, 0.1) is 5.82 Å². The van der Waals surface area contributed by atoms with Crippen molar-refractivity contribution in [3.8, 4) is 0 Å². The molecule has 0 atom stereocenters. The second-order valence-corrected chi connectivity index (χ2v) is 5.29. The van der Waals surface area contributed by atoms with Gasteiger partial charge in [0.1, 0.15) is 5.82 Å². The quantitative estimate of drug-likeness (QED) is 0.947. The highest BCUT2D eigenvalue weighted by Crippen LogP contribution is 2.17. The molecule has 0 aliphatic carbocycles. The lowest BCUT2D eigenvalue weighted by molar-refractivity contribution is 0.102. The number of aromatic nitrogens is 2. The first-order chi connectivity index (χ1) is 10.7. The Hall–Kier alpha value is -2.50. The van der Waals surface area contributed by atoms with Crippen LogP contribution in [0.25, 0.3) is 0 Å². The van der Waals surface area contributed by atoms with E-state index in [0.717, 1.165) is 18.9 Å². The van der Waals surface area contributed by atoms with Gasteiger partial charge in [-0.3, -0.25) is 4.79 Å². The number of anilines is 2. The monoisotopic (exact) mass is 300 g/mol. The van der Waals surface area contributed by atoms with E-state index in [9.17, 15) is 9.18 Å². The first-order valence-electron chi connectivity index (χ1n) is 7.38. The first-order valence-corrected chi connectivity index (χ1v) is 7.38. The number of rotatable bonds is 3. The van der Waals surface area contributed by atoms with Crippen LogP contribution in [0.2, 0.25) is 0 Å². The summed E-state index contributed by atoms with van der Waals surface area (Å²) in [6.45, 7) is 1.99. The number of piperidine rings is 1. The fourth-order valence-electron chi connectivity index (χ4n) is 2.47. The summed E-state index contributed by atoms with van der Waals surface area (Å²) in [6.07, 6.45) is 3.60. The van der Waals surface area contributed by atoms with Crippen molar-refractivity contribution in [2.75, 3.05) is 23.3 Å². The number of nitrogens with one attached hydrogen (secondary N) is 1. The van der Waals surface area contributed by atoms with Crippen molar-refractivity contribution in [2.45, 2.75) is 19.3 Å². The van der Waals surface area contributed by atoms with Crippen LogP contribution in [-0.4, -0.2) is 29.2 Å². The number of amides is 1. The molecule has 2 aromatic rings. The SMILES string of the molecule is O=C(Nc1ccc(N2CCCCC2)nn1)c1ccc(F)cc1. The minimum absolute atomic E-state index is 0.333. The highest BCUT2D eigenvalue weighted by molar-refractivity contribution is 6.03. The highest BCUT2D eigenvalue weighted by atomic mass is 19.1. The van der Waals surface area contributed by atoms with Gasteiger partial charge >= 0.3 is 0 Å². The van der Waals surface area contributed by atoms with E-state index >= 15 is 0 Å². The summed E-state index contributed by atoms with van der Waals surface area (Å²) >= 11 is 0. The van der Waals surface area contributed by atoms with E-state index in [4.69, 9.17) is 0 Å². The molecule has 1 aliphatic rings. The Morgan fingerprint density at radius 2 is 1.73 bits per heavy atom. The zero-order valence-electron chi connectivity index (χ0n) is 12.1. The van der Waals surface area contributed by atoms with E-state index in [1.54, 1.807) is 6.07 Å². The van der Waals surface area contributed by atoms with Crippen LogP contribution >= 0.6 is 0 Å². The summed E-state index contributed by atoms with van der Waals surface area (Å²) in [5.74, 6) is 0.511. The number of nitrogens with zero attached hydrogens (tertiary/aromatic N) is 3. The van der Waals surface area contributed by atoms with Gasteiger partial charge in [0.2, 0.25) is 0 Å². The topological polar surface area (TPSA) is 58.1 Å². The molecule has 6 heteroatoms. The third-order valence-corrected chi connectivity index (χ3v) is 3.68. The molecule has 3 rings (SSSR count). The zero-order chi connectivity index (χ0) is 15.4. The van der Waals surface area contributed by atoms with Crippen molar-refractivity contribution < 1.29 is 9.18 Å². The van der Waals surface area contributed by atoms with Gasteiger partial charge in [0, 0.05) is 18.7 Å². The molecule has 22 heavy (non-hydrogen) atoms. The Morgan fingerprint density at radius 3 is 2.36 bits per heavy atom. The fraction of sp³-hybridized carbons (Fsp3) is 0.312. The fourth-order valence-corrected chi connectivity index (χ4v) is 2.47. The third kappa shape index (κ3) is 3.39. The lowest BCUT2D eigenvalue weighted by Crippen LogP contribution is -2.30. The summed E-state index contributed by atoms with van der Waals surface area (Å²) < 4.78 is 12.8. The van der Waals surface area contributed by atoms with E-state index in [1.807, 2.05) is 6.07 Å². The standard InChI is InChI=1S/C16H17FN4O/c17-13-6-4-12(5-7-13)16(22)18-14-8-9-15(20-19-14)21-10-2-1-3-11-21/h4-9H,1-3,10-11H2,(H,18,19,22). The summed E-state index contributed by atoms with van der Waals surface area (Å²) in [4.78, 5) is 14.2. The van der Waals surface area contributed by atoms with E-state index in [-0.39, 0.29) is 11.7 Å². The summed E-state index contributed by atoms with van der Waals surface area (Å²) in [5.41, 5.74) is 0.378. The van der Waals surface area contributed by atoms with Crippen LogP contribution in [0.15, 0.2) is 36.4 Å². The maximum Gasteiger partial charge on any atom is 0.256 e. The lowest BCUT2D eigenvalue weighted by atomic mass is 10.1. The Labute approximate surface area is 128 Å². The summed E-state index contributed by atoms with van der Waals surface area (Å²) in [7, 11) is 0. The number of hydrogen-bond donors (Lipinski definition) is 1. The van der Waals surface area contributed by atoms with E-state index in [0.29, 0.717) is 11.4 Å². The van der Waals surface area contributed by atoms with Crippen molar-refractivity contribution in [3.63, 3.8) is 0 Å². The van der Waals surface area contributed by atoms with E-state index in [2.05, 4.69) is 20.4 Å². The molecule has 0 unspecified atom stereocenters. The van der Waals surface area contributed by atoms with Gasteiger partial charge in [-0.15, -0.1) is 10.2 Å². The predicted molar refractivity (Wildman–Crippen MR) is 82.4 cm³/mol. The average Bonchev–Trinajstić information content (AvgIpc) is 2.57. The van der Waals surface area contributed by atoms with Gasteiger partial charge in [0.05, 0.1) is 0 Å². The second-order valence-electron chi connectivity index (χ2n) is 5.29. The smallest absolute Gasteiger partial charge is 0.256 e. The van der Waals surface area contributed by atoms with Crippen molar-refractivity contribution >= 4 is 17.5 Å². The number of benzene rings is 1. The van der Waals surface area contributed by atoms with Crippen LogP contribution < -0.4 is 10.2 Å². The molecule has 1 aliphatic heterocycles. The molecule has 1 fully saturated rings. The molecule has 1 N–H and O–H groups in total. The van der Waals surface area contributed by atoms with Gasteiger partial charge in [-0.2, -0.15) is 0 Å². The van der Waals surface area contributed by atoms with Gasteiger partial charge in [0.25, 0.3) is 5.91 Å². The lowest BCUT2D eigenvalue weighted by Gasteiger charge is -2.27. The molecular weight excluding hydrogens is 283 g/mol. The molecule has 5 nitrogen and oxygen atoms in total. The Bertz CT molecular complexity index is 636. The molecule has 0 saturated carbocycles. The van der Waals surface area contributed by atoms with Gasteiger partial charge in [-0.25, -0.2) is 4.39 Å².